The van der Waals surface area contributed by atoms with Crippen molar-refractivity contribution in [1.82, 2.24) is 0 Å². The number of alkyl halides is 6. The first-order valence-corrected chi connectivity index (χ1v) is 7.57. The average molecular weight is 362 g/mol. The van der Waals surface area contributed by atoms with Crippen molar-refractivity contribution in [2.24, 2.45) is 11.8 Å². The average Bonchev–Trinajstić information content (AvgIpc) is 2.44. The second kappa shape index (κ2) is 7.33. The van der Waals surface area contributed by atoms with E-state index in [1.54, 1.807) is 0 Å². The first-order chi connectivity index (χ1) is 10.8. The van der Waals surface area contributed by atoms with Crippen molar-refractivity contribution in [2.75, 3.05) is 0 Å². The van der Waals surface area contributed by atoms with Gasteiger partial charge in [-0.05, 0) is 31.6 Å². The SMILES string of the molecule is C/C(=C\C(CC(O)(C(F)(F)F)C(F)(F)F)C1CCCCC1)C(=O)O. The minimum absolute atomic E-state index is 0.336. The molecule has 1 atom stereocenters. The fourth-order valence-corrected chi connectivity index (χ4v) is 3.05. The van der Waals surface area contributed by atoms with Crippen LogP contribution in [-0.4, -0.2) is 34.1 Å². The van der Waals surface area contributed by atoms with Gasteiger partial charge in [0.15, 0.2) is 0 Å². The lowest BCUT2D eigenvalue weighted by molar-refractivity contribution is -0.372. The molecular formula is C15H20F6O3. The Morgan fingerprint density at radius 1 is 1.08 bits per heavy atom. The highest BCUT2D eigenvalue weighted by Crippen LogP contribution is 2.49. The molecule has 0 aromatic carbocycles. The Bertz CT molecular complexity index is 461. The van der Waals surface area contributed by atoms with Gasteiger partial charge in [-0.25, -0.2) is 4.79 Å². The van der Waals surface area contributed by atoms with Gasteiger partial charge in [-0.1, -0.05) is 25.3 Å². The van der Waals surface area contributed by atoms with Crippen molar-refractivity contribution in [3.8, 4) is 0 Å². The third-order valence-corrected chi connectivity index (χ3v) is 4.53. The van der Waals surface area contributed by atoms with Gasteiger partial charge in [0.1, 0.15) is 0 Å². The Labute approximate surface area is 135 Å². The Kier molecular flexibility index (Phi) is 6.35. The molecule has 0 bridgehead atoms. The molecule has 1 unspecified atom stereocenters. The van der Waals surface area contributed by atoms with E-state index in [4.69, 9.17) is 5.11 Å². The largest absolute Gasteiger partial charge is 0.478 e. The first kappa shape index (κ1) is 20.8. The Balaban J connectivity index is 3.22. The van der Waals surface area contributed by atoms with E-state index >= 15 is 0 Å². The van der Waals surface area contributed by atoms with Crippen LogP contribution >= 0.6 is 0 Å². The molecule has 1 fully saturated rings. The third-order valence-electron chi connectivity index (χ3n) is 4.53. The molecule has 1 aliphatic rings. The highest BCUT2D eigenvalue weighted by Gasteiger charge is 2.70. The highest BCUT2D eigenvalue weighted by atomic mass is 19.4. The zero-order chi connectivity index (χ0) is 18.8. The minimum Gasteiger partial charge on any atom is -0.478 e. The topological polar surface area (TPSA) is 57.5 Å². The third kappa shape index (κ3) is 4.64. The number of carboxylic acid groups (broad SMARTS) is 1. The summed E-state index contributed by atoms with van der Waals surface area (Å²) in [6.07, 6.45) is -9.58. The van der Waals surface area contributed by atoms with Gasteiger partial charge in [0.2, 0.25) is 0 Å². The van der Waals surface area contributed by atoms with Crippen molar-refractivity contribution in [3.05, 3.63) is 11.6 Å². The molecule has 1 saturated carbocycles. The number of hydrogen-bond donors (Lipinski definition) is 2. The van der Waals surface area contributed by atoms with Gasteiger partial charge in [0.25, 0.3) is 5.60 Å². The summed E-state index contributed by atoms with van der Waals surface area (Å²) in [5.41, 5.74) is -5.20. The normalized spacial score (nSPS) is 20.1. The number of aliphatic carboxylic acids is 1. The number of aliphatic hydroxyl groups is 1. The van der Waals surface area contributed by atoms with Crippen LogP contribution in [0.1, 0.15) is 45.4 Å². The van der Waals surface area contributed by atoms with Gasteiger partial charge in [-0.3, -0.25) is 0 Å². The Morgan fingerprint density at radius 3 is 1.92 bits per heavy atom. The number of carboxylic acids is 1. The first-order valence-electron chi connectivity index (χ1n) is 7.57. The summed E-state index contributed by atoms with van der Waals surface area (Å²) < 4.78 is 77.5. The van der Waals surface area contributed by atoms with E-state index in [9.17, 15) is 36.2 Å². The second-order valence-corrected chi connectivity index (χ2v) is 6.28. The van der Waals surface area contributed by atoms with Crippen LogP contribution in [0.2, 0.25) is 0 Å². The lowest BCUT2D eigenvalue weighted by Crippen LogP contribution is -2.58. The molecule has 0 aromatic heterocycles. The summed E-state index contributed by atoms with van der Waals surface area (Å²) in [5, 5.41) is 18.3. The number of hydrogen-bond acceptors (Lipinski definition) is 2. The molecule has 2 N–H and O–H groups in total. The maximum absolute atomic E-state index is 12.9. The maximum atomic E-state index is 12.9. The maximum Gasteiger partial charge on any atom is 0.426 e. The lowest BCUT2D eigenvalue weighted by Gasteiger charge is -2.37. The summed E-state index contributed by atoms with van der Waals surface area (Å²) in [6, 6.07) is 0. The van der Waals surface area contributed by atoms with Crippen molar-refractivity contribution in [3.63, 3.8) is 0 Å². The van der Waals surface area contributed by atoms with E-state index < -0.39 is 42.2 Å². The molecule has 0 aliphatic heterocycles. The van der Waals surface area contributed by atoms with Crippen molar-refractivity contribution in [2.45, 2.75) is 63.4 Å². The van der Waals surface area contributed by atoms with Gasteiger partial charge in [-0.15, -0.1) is 0 Å². The van der Waals surface area contributed by atoms with E-state index in [0.717, 1.165) is 19.4 Å². The molecule has 0 aromatic rings. The molecule has 0 saturated heterocycles. The van der Waals surface area contributed by atoms with Crippen LogP contribution in [0.4, 0.5) is 26.3 Å². The Morgan fingerprint density at radius 2 is 1.54 bits per heavy atom. The number of halogens is 6. The van der Waals surface area contributed by atoms with E-state index in [2.05, 4.69) is 0 Å². The molecule has 140 valence electrons. The molecule has 0 heterocycles. The number of carbonyl (C=O) groups is 1. The molecule has 3 nitrogen and oxygen atoms in total. The van der Waals surface area contributed by atoms with Crippen LogP contribution in [0.25, 0.3) is 0 Å². The van der Waals surface area contributed by atoms with Crippen LogP contribution in [0.15, 0.2) is 11.6 Å². The summed E-state index contributed by atoms with van der Waals surface area (Å²) >= 11 is 0. The van der Waals surface area contributed by atoms with E-state index in [1.165, 1.54) is 0 Å². The van der Waals surface area contributed by atoms with E-state index in [1.807, 2.05) is 0 Å². The lowest BCUT2D eigenvalue weighted by atomic mass is 9.74. The van der Waals surface area contributed by atoms with E-state index in [-0.39, 0.29) is 5.57 Å². The molecular weight excluding hydrogens is 342 g/mol. The van der Waals surface area contributed by atoms with Crippen molar-refractivity contribution < 1.29 is 41.4 Å². The minimum atomic E-state index is -5.90. The standard InChI is InChI=1S/C15H20F6O3/c1-9(12(22)23)7-11(10-5-3-2-4-6-10)8-13(24,14(16,17)18)15(19,20)21/h7,10-11,24H,2-6,8H2,1H3,(H,22,23)/b9-7+. The Hall–Kier alpha value is -1.25. The zero-order valence-corrected chi connectivity index (χ0v) is 13.0. The van der Waals surface area contributed by atoms with Crippen LogP contribution in [0.5, 0.6) is 0 Å². The van der Waals surface area contributed by atoms with Gasteiger partial charge in [0, 0.05) is 12.0 Å². The van der Waals surface area contributed by atoms with Gasteiger partial charge >= 0.3 is 18.3 Å². The summed E-state index contributed by atoms with van der Waals surface area (Å²) in [6.45, 7) is 1.11. The predicted octanol–water partition coefficient (Wildman–Crippen LogP) is 4.46. The fourth-order valence-electron chi connectivity index (χ4n) is 3.05. The molecule has 1 aliphatic carbocycles. The van der Waals surface area contributed by atoms with Crippen LogP contribution in [0, 0.1) is 11.8 Å². The smallest absolute Gasteiger partial charge is 0.426 e. The molecule has 1 rings (SSSR count). The van der Waals surface area contributed by atoms with Crippen molar-refractivity contribution >= 4 is 5.97 Å². The van der Waals surface area contributed by atoms with Crippen LogP contribution in [-0.2, 0) is 4.79 Å². The quantitative estimate of drug-likeness (QED) is 0.561. The van der Waals surface area contributed by atoms with Crippen LogP contribution < -0.4 is 0 Å². The molecule has 9 heteroatoms. The molecule has 0 radical (unpaired) electrons. The number of rotatable bonds is 5. The van der Waals surface area contributed by atoms with Gasteiger partial charge < -0.3 is 10.2 Å². The summed E-state index contributed by atoms with van der Waals surface area (Å²) in [4.78, 5) is 10.9. The van der Waals surface area contributed by atoms with Gasteiger partial charge in [0.05, 0.1) is 0 Å². The summed E-state index contributed by atoms with van der Waals surface area (Å²) in [7, 11) is 0. The van der Waals surface area contributed by atoms with E-state index in [0.29, 0.717) is 25.7 Å². The second-order valence-electron chi connectivity index (χ2n) is 6.28. The predicted molar refractivity (Wildman–Crippen MR) is 73.1 cm³/mol. The molecule has 0 amide bonds. The number of allylic oxidation sites excluding steroid dienone is 1. The monoisotopic (exact) mass is 362 g/mol. The summed E-state index contributed by atoms with van der Waals surface area (Å²) in [5.74, 6) is -3.27. The zero-order valence-electron chi connectivity index (χ0n) is 13.0. The highest BCUT2D eigenvalue weighted by molar-refractivity contribution is 5.85. The van der Waals surface area contributed by atoms with Gasteiger partial charge in [-0.2, -0.15) is 26.3 Å². The van der Waals surface area contributed by atoms with Crippen molar-refractivity contribution in [1.29, 1.82) is 0 Å². The molecule has 0 spiro atoms. The fraction of sp³-hybridized carbons (Fsp3) is 0.800. The van der Waals surface area contributed by atoms with Crippen LogP contribution in [0.3, 0.4) is 0 Å². The molecule has 24 heavy (non-hydrogen) atoms.